The van der Waals surface area contributed by atoms with Gasteiger partial charge in [0.15, 0.2) is 0 Å². The molecule has 1 unspecified atom stereocenters. The van der Waals surface area contributed by atoms with Gasteiger partial charge in [-0.1, -0.05) is 123 Å². The van der Waals surface area contributed by atoms with Crippen LogP contribution in [0.3, 0.4) is 0 Å². The molecule has 0 saturated carbocycles. The number of hydrogen-bond acceptors (Lipinski definition) is 6. The number of nitrogens with one attached hydrogen (secondary N) is 2. The number of amides is 1. The lowest BCUT2D eigenvalue weighted by Gasteiger charge is -2.43. The topological polar surface area (TPSA) is 111 Å². The van der Waals surface area contributed by atoms with E-state index in [4.69, 9.17) is 4.74 Å². The molecule has 1 aliphatic heterocycles. The SMILES string of the molecule is CCCCCCCCCCCCNC1O[C@H](CO)[C@@H](O)[C@H](O)[C@H]1NC(=O)CCCCCCCCCCC. The maximum Gasteiger partial charge on any atom is 0.220 e. The minimum atomic E-state index is -1.24. The lowest BCUT2D eigenvalue weighted by atomic mass is 9.95. The third kappa shape index (κ3) is 16.1. The quantitative estimate of drug-likeness (QED) is 0.108. The van der Waals surface area contributed by atoms with Gasteiger partial charge in [0.1, 0.15) is 24.5 Å². The third-order valence-electron chi connectivity index (χ3n) is 7.64. The Morgan fingerprint density at radius 3 is 1.62 bits per heavy atom. The van der Waals surface area contributed by atoms with E-state index in [1.54, 1.807) is 0 Å². The highest BCUT2D eigenvalue weighted by atomic mass is 16.5. The molecule has 0 aromatic heterocycles. The standard InChI is InChI=1S/C30H60N2O5/c1-3-5-7-9-11-13-15-17-19-21-23-31-30-27(29(36)28(35)25(24-33)37-30)32-26(34)22-20-18-16-14-12-10-8-6-4-2/h25,27-31,33,35-36H,3-24H2,1-2H3,(H,32,34)/t25-,27-,28-,29-,30?/m1/s1. The molecule has 0 aliphatic carbocycles. The van der Waals surface area contributed by atoms with Crippen LogP contribution in [-0.2, 0) is 9.53 Å². The minimum Gasteiger partial charge on any atom is -0.394 e. The van der Waals surface area contributed by atoms with Crippen LogP contribution in [0.4, 0.5) is 0 Å². The van der Waals surface area contributed by atoms with E-state index in [0.717, 1.165) is 32.1 Å². The average molecular weight is 529 g/mol. The fourth-order valence-electron chi connectivity index (χ4n) is 5.16. The van der Waals surface area contributed by atoms with Crippen molar-refractivity contribution in [3.05, 3.63) is 0 Å². The van der Waals surface area contributed by atoms with E-state index in [0.29, 0.717) is 13.0 Å². The monoisotopic (exact) mass is 528 g/mol. The van der Waals surface area contributed by atoms with Crippen molar-refractivity contribution in [2.45, 2.75) is 173 Å². The van der Waals surface area contributed by atoms with Crippen molar-refractivity contribution in [1.82, 2.24) is 10.6 Å². The molecule has 0 aromatic carbocycles. The fraction of sp³-hybridized carbons (Fsp3) is 0.967. The molecule has 220 valence electrons. The summed E-state index contributed by atoms with van der Waals surface area (Å²) in [6.45, 7) is 4.79. The lowest BCUT2D eigenvalue weighted by molar-refractivity contribution is -0.202. The van der Waals surface area contributed by atoms with Crippen molar-refractivity contribution < 1.29 is 24.9 Å². The van der Waals surface area contributed by atoms with Crippen LogP contribution in [0.15, 0.2) is 0 Å². The van der Waals surface area contributed by atoms with Crippen molar-refractivity contribution in [3.8, 4) is 0 Å². The molecule has 0 spiro atoms. The van der Waals surface area contributed by atoms with Crippen LogP contribution in [0.25, 0.3) is 0 Å². The van der Waals surface area contributed by atoms with Crippen molar-refractivity contribution in [1.29, 1.82) is 0 Å². The van der Waals surface area contributed by atoms with Crippen LogP contribution < -0.4 is 10.6 Å². The number of rotatable bonds is 24. The molecule has 1 heterocycles. The summed E-state index contributed by atoms with van der Waals surface area (Å²) in [6, 6.07) is -0.744. The Morgan fingerprint density at radius 2 is 1.14 bits per heavy atom. The van der Waals surface area contributed by atoms with Crippen LogP contribution in [0.1, 0.15) is 142 Å². The fourth-order valence-corrected chi connectivity index (χ4v) is 5.16. The Hall–Kier alpha value is -0.730. The van der Waals surface area contributed by atoms with Crippen molar-refractivity contribution in [2.75, 3.05) is 13.2 Å². The highest BCUT2D eigenvalue weighted by molar-refractivity contribution is 5.76. The summed E-state index contributed by atoms with van der Waals surface area (Å²) in [5.41, 5.74) is 0. The van der Waals surface area contributed by atoms with E-state index in [1.807, 2.05) is 0 Å². The molecule has 1 amide bonds. The summed E-state index contributed by atoms with van der Waals surface area (Å²) in [4.78, 5) is 12.6. The smallest absolute Gasteiger partial charge is 0.220 e. The van der Waals surface area contributed by atoms with Gasteiger partial charge in [0, 0.05) is 6.42 Å². The number of aliphatic hydroxyl groups is 3. The molecule has 7 nitrogen and oxygen atoms in total. The lowest BCUT2D eigenvalue weighted by Crippen LogP contribution is -2.67. The van der Waals surface area contributed by atoms with Gasteiger partial charge in [-0.25, -0.2) is 0 Å². The van der Waals surface area contributed by atoms with Crippen molar-refractivity contribution in [2.24, 2.45) is 0 Å². The van der Waals surface area contributed by atoms with Gasteiger partial charge in [0.05, 0.1) is 12.6 Å². The summed E-state index contributed by atoms with van der Waals surface area (Å²) in [5.74, 6) is -0.129. The molecule has 1 aliphatic rings. The molecule has 1 rings (SSSR count). The Morgan fingerprint density at radius 1 is 0.676 bits per heavy atom. The van der Waals surface area contributed by atoms with Gasteiger partial charge in [-0.05, 0) is 19.4 Å². The van der Waals surface area contributed by atoms with Gasteiger partial charge in [0.2, 0.25) is 5.91 Å². The molecule has 1 fully saturated rings. The summed E-state index contributed by atoms with van der Waals surface area (Å²) in [5, 5.41) is 36.8. The van der Waals surface area contributed by atoms with Gasteiger partial charge in [-0.2, -0.15) is 0 Å². The van der Waals surface area contributed by atoms with Gasteiger partial charge < -0.3 is 25.4 Å². The number of carbonyl (C=O) groups excluding carboxylic acids is 1. The predicted octanol–water partition coefficient (Wildman–Crippen LogP) is 5.34. The van der Waals surface area contributed by atoms with E-state index >= 15 is 0 Å². The van der Waals surface area contributed by atoms with E-state index in [-0.39, 0.29) is 12.5 Å². The zero-order valence-corrected chi connectivity index (χ0v) is 24.1. The normalized spacial score (nSPS) is 23.9. The second-order valence-corrected chi connectivity index (χ2v) is 11.1. The number of carbonyl (C=O) groups is 1. The number of unbranched alkanes of at least 4 members (excludes halogenated alkanes) is 17. The first-order valence-electron chi connectivity index (χ1n) is 15.7. The van der Waals surface area contributed by atoms with E-state index in [1.165, 1.54) is 89.9 Å². The molecule has 0 aromatic rings. The van der Waals surface area contributed by atoms with Crippen LogP contribution in [0.5, 0.6) is 0 Å². The molecule has 7 heteroatoms. The van der Waals surface area contributed by atoms with E-state index in [9.17, 15) is 20.1 Å². The molecule has 0 bridgehead atoms. The van der Waals surface area contributed by atoms with Crippen LogP contribution in [0.2, 0.25) is 0 Å². The maximum absolute atomic E-state index is 12.6. The zero-order valence-electron chi connectivity index (χ0n) is 24.1. The Bertz CT molecular complexity index is 536. The van der Waals surface area contributed by atoms with Crippen molar-refractivity contribution in [3.63, 3.8) is 0 Å². The average Bonchev–Trinajstić information content (AvgIpc) is 2.90. The van der Waals surface area contributed by atoms with Gasteiger partial charge >= 0.3 is 0 Å². The Labute approximate surface area is 227 Å². The second-order valence-electron chi connectivity index (χ2n) is 11.1. The number of aliphatic hydroxyl groups excluding tert-OH is 3. The molecular weight excluding hydrogens is 468 g/mol. The molecule has 5 atom stereocenters. The molecular formula is C30H60N2O5. The van der Waals surface area contributed by atoms with E-state index in [2.05, 4.69) is 24.5 Å². The largest absolute Gasteiger partial charge is 0.394 e. The first-order valence-corrected chi connectivity index (χ1v) is 15.7. The highest BCUT2D eigenvalue weighted by Crippen LogP contribution is 2.21. The van der Waals surface area contributed by atoms with Gasteiger partial charge in [-0.3, -0.25) is 10.1 Å². The van der Waals surface area contributed by atoms with Gasteiger partial charge in [-0.15, -0.1) is 0 Å². The molecule has 0 radical (unpaired) electrons. The number of hydrogen-bond donors (Lipinski definition) is 5. The summed E-state index contributed by atoms with van der Waals surface area (Å²) < 4.78 is 5.84. The maximum atomic E-state index is 12.6. The molecule has 5 N–H and O–H groups in total. The first-order chi connectivity index (χ1) is 18.0. The Kier molecular flexibility index (Phi) is 21.5. The van der Waals surface area contributed by atoms with E-state index < -0.39 is 30.6 Å². The highest BCUT2D eigenvalue weighted by Gasteiger charge is 2.44. The zero-order chi connectivity index (χ0) is 27.1. The molecule has 1 saturated heterocycles. The van der Waals surface area contributed by atoms with Crippen LogP contribution in [0, 0.1) is 0 Å². The summed E-state index contributed by atoms with van der Waals surface area (Å²) >= 11 is 0. The minimum absolute atomic E-state index is 0.129. The third-order valence-corrected chi connectivity index (χ3v) is 7.64. The summed E-state index contributed by atoms with van der Waals surface area (Å²) in [6.07, 6.45) is 19.7. The second kappa shape index (κ2) is 23.2. The van der Waals surface area contributed by atoms with Crippen LogP contribution in [-0.4, -0.2) is 65.0 Å². The summed E-state index contributed by atoms with van der Waals surface area (Å²) in [7, 11) is 0. The first kappa shape index (κ1) is 34.3. The predicted molar refractivity (Wildman–Crippen MR) is 151 cm³/mol. The molecule has 37 heavy (non-hydrogen) atoms. The number of ether oxygens (including phenoxy) is 1. The Balaban J connectivity index is 2.29. The van der Waals surface area contributed by atoms with Crippen molar-refractivity contribution >= 4 is 5.91 Å². The van der Waals surface area contributed by atoms with Gasteiger partial charge in [0.25, 0.3) is 0 Å². The van der Waals surface area contributed by atoms with Crippen LogP contribution >= 0.6 is 0 Å².